The molecule has 0 bridgehead atoms. The van der Waals surface area contributed by atoms with Gasteiger partial charge in [0.2, 0.25) is 15.9 Å². The van der Waals surface area contributed by atoms with E-state index in [2.05, 4.69) is 5.32 Å². The van der Waals surface area contributed by atoms with Gasteiger partial charge in [-0.2, -0.15) is 0 Å². The van der Waals surface area contributed by atoms with Crippen molar-refractivity contribution in [2.45, 2.75) is 39.0 Å². The summed E-state index contributed by atoms with van der Waals surface area (Å²) in [6, 6.07) is 4.95. The second-order valence-corrected chi connectivity index (χ2v) is 9.23. The lowest BCUT2D eigenvalue weighted by molar-refractivity contribution is -0.119. The molecular weight excluding hydrogens is 368 g/mol. The summed E-state index contributed by atoms with van der Waals surface area (Å²) in [5.41, 5.74) is 0.411. The molecule has 27 heavy (non-hydrogen) atoms. The van der Waals surface area contributed by atoms with Crippen LogP contribution in [0.25, 0.3) is 0 Å². The average molecular weight is 397 g/mol. The van der Waals surface area contributed by atoms with E-state index in [1.165, 1.54) is 19.3 Å². The molecule has 1 aliphatic carbocycles. The van der Waals surface area contributed by atoms with Gasteiger partial charge in [-0.05, 0) is 37.8 Å². The van der Waals surface area contributed by atoms with Gasteiger partial charge in [0, 0.05) is 12.6 Å². The van der Waals surface area contributed by atoms with Gasteiger partial charge in [0.15, 0.2) is 11.5 Å². The normalized spacial score (nSPS) is 17.4. The maximum Gasteiger partial charge on any atom is 0.240 e. The maximum atomic E-state index is 12.6. The Balaban J connectivity index is 1.71. The Labute approximate surface area is 161 Å². The van der Waals surface area contributed by atoms with E-state index in [-0.39, 0.29) is 18.2 Å². The Morgan fingerprint density at radius 3 is 2.56 bits per heavy atom. The molecule has 1 aromatic rings. The van der Waals surface area contributed by atoms with Crippen LogP contribution in [0, 0.1) is 5.92 Å². The molecule has 1 heterocycles. The molecule has 150 valence electrons. The van der Waals surface area contributed by atoms with Crippen LogP contribution in [0.5, 0.6) is 11.5 Å². The highest BCUT2D eigenvalue weighted by Crippen LogP contribution is 2.34. The van der Waals surface area contributed by atoms with Crippen LogP contribution in [0.4, 0.5) is 5.69 Å². The van der Waals surface area contributed by atoms with Crippen molar-refractivity contribution in [3.63, 3.8) is 0 Å². The number of nitrogens with one attached hydrogen (secondary N) is 1. The predicted octanol–water partition coefficient (Wildman–Crippen LogP) is 2.31. The molecule has 0 atom stereocenters. The fourth-order valence-electron chi connectivity index (χ4n) is 3.53. The molecule has 0 unspecified atom stereocenters. The van der Waals surface area contributed by atoms with Gasteiger partial charge in [-0.15, -0.1) is 0 Å². The van der Waals surface area contributed by atoms with Crippen LogP contribution in [0.2, 0.25) is 0 Å². The van der Waals surface area contributed by atoms with E-state index < -0.39 is 10.0 Å². The van der Waals surface area contributed by atoms with Crippen molar-refractivity contribution in [1.82, 2.24) is 5.32 Å². The molecule has 0 aromatic heterocycles. The molecule has 1 N–H and O–H groups in total. The highest BCUT2D eigenvalue weighted by molar-refractivity contribution is 7.92. The molecular formula is C19H28N2O5S. The van der Waals surface area contributed by atoms with E-state index in [0.717, 1.165) is 17.1 Å². The van der Waals surface area contributed by atoms with Crippen LogP contribution >= 0.6 is 0 Å². The second-order valence-electron chi connectivity index (χ2n) is 7.04. The van der Waals surface area contributed by atoms with Crippen LogP contribution < -0.4 is 19.1 Å². The lowest BCUT2D eigenvalue weighted by Crippen LogP contribution is -2.42. The minimum Gasteiger partial charge on any atom is -0.486 e. The SMILES string of the molecule is CCS(=O)(=O)N(CC(=O)NCC1CCCCC1)c1ccc2c(c1)OCCO2. The van der Waals surface area contributed by atoms with Gasteiger partial charge >= 0.3 is 0 Å². The number of hydrogen-bond acceptors (Lipinski definition) is 5. The third-order valence-corrected chi connectivity index (χ3v) is 6.86. The quantitative estimate of drug-likeness (QED) is 0.764. The fourth-order valence-corrected chi connectivity index (χ4v) is 4.59. The Kier molecular flexibility index (Phi) is 6.46. The summed E-state index contributed by atoms with van der Waals surface area (Å²) in [6.07, 6.45) is 5.91. The van der Waals surface area contributed by atoms with Gasteiger partial charge in [0.05, 0.1) is 11.4 Å². The summed E-state index contributed by atoms with van der Waals surface area (Å²) >= 11 is 0. The molecule has 7 nitrogen and oxygen atoms in total. The first-order chi connectivity index (χ1) is 13.0. The summed E-state index contributed by atoms with van der Waals surface area (Å²) in [7, 11) is -3.60. The predicted molar refractivity (Wildman–Crippen MR) is 104 cm³/mol. The van der Waals surface area contributed by atoms with Crippen LogP contribution in [-0.2, 0) is 14.8 Å². The molecule has 8 heteroatoms. The zero-order valence-electron chi connectivity index (χ0n) is 15.8. The summed E-state index contributed by atoms with van der Waals surface area (Å²) in [5.74, 6) is 1.20. The van der Waals surface area contributed by atoms with Gasteiger partial charge in [0.25, 0.3) is 0 Å². The van der Waals surface area contributed by atoms with E-state index in [4.69, 9.17) is 9.47 Å². The third-order valence-electron chi connectivity index (χ3n) is 5.11. The molecule has 1 fully saturated rings. The number of rotatable bonds is 7. The molecule has 3 rings (SSSR count). The first-order valence-electron chi connectivity index (χ1n) is 9.66. The van der Waals surface area contributed by atoms with E-state index in [0.29, 0.717) is 42.9 Å². The topological polar surface area (TPSA) is 84.9 Å². The Bertz CT molecular complexity index is 759. The number of ether oxygens (including phenoxy) is 2. The van der Waals surface area contributed by atoms with Gasteiger partial charge in [-0.1, -0.05) is 19.3 Å². The highest BCUT2D eigenvalue weighted by atomic mass is 32.2. The molecule has 2 aliphatic rings. The maximum absolute atomic E-state index is 12.6. The minimum atomic E-state index is -3.60. The summed E-state index contributed by atoms with van der Waals surface area (Å²) in [6.45, 7) is 2.83. The average Bonchev–Trinajstić information content (AvgIpc) is 2.70. The van der Waals surface area contributed by atoms with Crippen LogP contribution in [0.15, 0.2) is 18.2 Å². The Hall–Kier alpha value is -1.96. The summed E-state index contributed by atoms with van der Waals surface area (Å²) in [5, 5.41) is 2.91. The number of hydrogen-bond donors (Lipinski definition) is 1. The van der Waals surface area contributed by atoms with Crippen molar-refractivity contribution >= 4 is 21.6 Å². The van der Waals surface area contributed by atoms with Crippen molar-refractivity contribution in [2.24, 2.45) is 5.92 Å². The zero-order valence-corrected chi connectivity index (χ0v) is 16.6. The van der Waals surface area contributed by atoms with Crippen LogP contribution in [-0.4, -0.2) is 46.4 Å². The highest BCUT2D eigenvalue weighted by Gasteiger charge is 2.26. The third kappa shape index (κ3) is 5.06. The van der Waals surface area contributed by atoms with Crippen LogP contribution in [0.3, 0.4) is 0 Å². The van der Waals surface area contributed by atoms with Crippen molar-refractivity contribution in [2.75, 3.05) is 36.4 Å². The molecule has 0 saturated heterocycles. The van der Waals surface area contributed by atoms with E-state index in [1.807, 2.05) is 0 Å². The number of nitrogens with zero attached hydrogens (tertiary/aromatic N) is 1. The van der Waals surface area contributed by atoms with Crippen molar-refractivity contribution in [3.8, 4) is 11.5 Å². The number of benzene rings is 1. The molecule has 1 saturated carbocycles. The van der Waals surface area contributed by atoms with Crippen molar-refractivity contribution in [1.29, 1.82) is 0 Å². The monoisotopic (exact) mass is 396 g/mol. The molecule has 1 aliphatic heterocycles. The smallest absolute Gasteiger partial charge is 0.240 e. The van der Waals surface area contributed by atoms with Crippen molar-refractivity contribution in [3.05, 3.63) is 18.2 Å². The van der Waals surface area contributed by atoms with Gasteiger partial charge in [0.1, 0.15) is 19.8 Å². The molecule has 1 aromatic carbocycles. The largest absolute Gasteiger partial charge is 0.486 e. The molecule has 0 spiro atoms. The second kappa shape index (κ2) is 8.82. The standard InChI is InChI=1S/C19H28N2O5S/c1-2-27(23,24)21(14-19(22)20-13-15-6-4-3-5-7-15)16-8-9-17-18(12-16)26-11-10-25-17/h8-9,12,15H,2-7,10-11,13-14H2,1H3,(H,20,22). The first-order valence-corrected chi connectivity index (χ1v) is 11.3. The van der Waals surface area contributed by atoms with Crippen LogP contribution in [0.1, 0.15) is 39.0 Å². The van der Waals surface area contributed by atoms with Gasteiger partial charge in [-0.25, -0.2) is 8.42 Å². The number of fused-ring (bicyclic) bond motifs is 1. The van der Waals surface area contributed by atoms with Crippen molar-refractivity contribution < 1.29 is 22.7 Å². The Morgan fingerprint density at radius 1 is 1.15 bits per heavy atom. The summed E-state index contributed by atoms with van der Waals surface area (Å²) < 4.78 is 37.4. The number of carbonyl (C=O) groups excluding carboxylic acids is 1. The van der Waals surface area contributed by atoms with Gasteiger partial charge < -0.3 is 14.8 Å². The number of amides is 1. The lowest BCUT2D eigenvalue weighted by Gasteiger charge is -2.26. The molecule has 1 amide bonds. The van der Waals surface area contributed by atoms with E-state index in [1.54, 1.807) is 25.1 Å². The first kappa shape index (κ1) is 19.8. The lowest BCUT2D eigenvalue weighted by atomic mass is 9.89. The number of carbonyl (C=O) groups is 1. The fraction of sp³-hybridized carbons (Fsp3) is 0.632. The number of anilines is 1. The summed E-state index contributed by atoms with van der Waals surface area (Å²) in [4.78, 5) is 12.4. The zero-order chi connectivity index (χ0) is 19.3. The van der Waals surface area contributed by atoms with Gasteiger partial charge in [-0.3, -0.25) is 9.10 Å². The van der Waals surface area contributed by atoms with E-state index >= 15 is 0 Å². The minimum absolute atomic E-state index is 0.0860. The Morgan fingerprint density at radius 2 is 1.85 bits per heavy atom. The number of sulfonamides is 1. The molecule has 0 radical (unpaired) electrons. The van der Waals surface area contributed by atoms with E-state index in [9.17, 15) is 13.2 Å².